The van der Waals surface area contributed by atoms with Crippen LogP contribution in [0.25, 0.3) is 0 Å². The monoisotopic (exact) mass is 343 g/mol. The Kier molecular flexibility index (Phi) is 4.71. The van der Waals surface area contributed by atoms with E-state index in [2.05, 4.69) is 42.0 Å². The van der Waals surface area contributed by atoms with Crippen molar-refractivity contribution in [3.05, 3.63) is 35.2 Å². The number of nitrogens with zero attached hydrogens (tertiary/aromatic N) is 4. The smallest absolute Gasteiger partial charge is 0.222 e. The topological polar surface area (TPSA) is 64.7 Å². The summed E-state index contributed by atoms with van der Waals surface area (Å²) >= 11 is 0. The van der Waals surface area contributed by atoms with E-state index in [1.54, 1.807) is 0 Å². The third-order valence-electron chi connectivity index (χ3n) is 4.78. The van der Waals surface area contributed by atoms with Gasteiger partial charge >= 0.3 is 0 Å². The number of aryl methyl sites for hydroxylation is 4. The molecule has 1 unspecified atom stereocenters. The van der Waals surface area contributed by atoms with Crippen LogP contribution in [0.1, 0.15) is 56.5 Å². The Morgan fingerprint density at radius 3 is 2.76 bits per heavy atom. The Labute approximate surface area is 149 Å². The lowest BCUT2D eigenvalue weighted by molar-refractivity contribution is -0.122. The molecule has 0 spiro atoms. The molecule has 3 rings (SSSR count). The van der Waals surface area contributed by atoms with Crippen molar-refractivity contribution in [2.24, 2.45) is 0 Å². The first-order chi connectivity index (χ1) is 11.7. The van der Waals surface area contributed by atoms with Crippen molar-refractivity contribution in [1.29, 1.82) is 0 Å². The van der Waals surface area contributed by atoms with E-state index in [1.807, 2.05) is 24.6 Å². The van der Waals surface area contributed by atoms with Gasteiger partial charge in [-0.1, -0.05) is 20.8 Å². The molecule has 0 saturated heterocycles. The molecule has 0 fully saturated rings. The molecule has 0 radical (unpaired) electrons. The van der Waals surface area contributed by atoms with Gasteiger partial charge in [-0.3, -0.25) is 9.48 Å². The fourth-order valence-electron chi connectivity index (χ4n) is 3.33. The van der Waals surface area contributed by atoms with Gasteiger partial charge in [-0.15, -0.1) is 0 Å². The van der Waals surface area contributed by atoms with E-state index in [0.29, 0.717) is 13.0 Å². The van der Waals surface area contributed by atoms with E-state index in [9.17, 15) is 4.79 Å². The predicted octanol–water partition coefficient (Wildman–Crippen LogP) is 2.52. The van der Waals surface area contributed by atoms with Crippen LogP contribution >= 0.6 is 0 Å². The van der Waals surface area contributed by atoms with E-state index in [4.69, 9.17) is 4.98 Å². The quantitative estimate of drug-likeness (QED) is 0.928. The molecule has 0 aliphatic carbocycles. The zero-order chi connectivity index (χ0) is 18.2. The highest BCUT2D eigenvalue weighted by Gasteiger charge is 2.25. The first kappa shape index (κ1) is 17.7. The maximum Gasteiger partial charge on any atom is 0.222 e. The number of carbonyl (C=O) groups excluding carboxylic acids is 1. The second-order valence-electron chi connectivity index (χ2n) is 8.15. The van der Waals surface area contributed by atoms with Gasteiger partial charge in [0.2, 0.25) is 5.91 Å². The number of amides is 1. The third kappa shape index (κ3) is 4.11. The van der Waals surface area contributed by atoms with Crippen molar-refractivity contribution in [3.63, 3.8) is 0 Å². The molecule has 0 bridgehead atoms. The van der Waals surface area contributed by atoms with Crippen LogP contribution in [0.15, 0.2) is 12.3 Å². The van der Waals surface area contributed by atoms with Crippen molar-refractivity contribution in [2.75, 3.05) is 0 Å². The van der Waals surface area contributed by atoms with Crippen molar-refractivity contribution in [3.8, 4) is 0 Å². The van der Waals surface area contributed by atoms with Gasteiger partial charge < -0.3 is 9.88 Å². The van der Waals surface area contributed by atoms with E-state index < -0.39 is 0 Å². The Hall–Kier alpha value is -2.11. The summed E-state index contributed by atoms with van der Waals surface area (Å²) < 4.78 is 4.11. The Bertz CT molecular complexity index is 765. The summed E-state index contributed by atoms with van der Waals surface area (Å²) in [5.41, 5.74) is 3.27. The van der Waals surface area contributed by atoms with Crippen molar-refractivity contribution < 1.29 is 4.79 Å². The van der Waals surface area contributed by atoms with Crippen LogP contribution in [0.5, 0.6) is 0 Å². The Morgan fingerprint density at radius 1 is 1.36 bits per heavy atom. The minimum absolute atomic E-state index is 0.0584. The van der Waals surface area contributed by atoms with E-state index in [1.165, 1.54) is 0 Å². The first-order valence-corrected chi connectivity index (χ1v) is 9.09. The minimum Gasteiger partial charge on any atom is -0.352 e. The molecule has 6 heteroatoms. The largest absolute Gasteiger partial charge is 0.352 e. The van der Waals surface area contributed by atoms with Crippen molar-refractivity contribution in [1.82, 2.24) is 24.6 Å². The maximum absolute atomic E-state index is 12.3. The molecule has 1 aliphatic rings. The standard InChI is InChI=1S/C19H29N5O/c1-13-10-14(2)24(22-13)9-8-18(25)20-15-6-7-17-21-16(19(3,4)5)12-23(17)11-15/h10,12,15H,6-9,11H2,1-5H3,(H,20,25). The lowest BCUT2D eigenvalue weighted by Gasteiger charge is -2.24. The molecule has 2 aromatic rings. The van der Waals surface area contributed by atoms with Gasteiger partial charge in [0, 0.05) is 49.3 Å². The highest BCUT2D eigenvalue weighted by molar-refractivity contribution is 5.76. The number of hydrogen-bond donors (Lipinski definition) is 1. The summed E-state index contributed by atoms with van der Waals surface area (Å²) in [4.78, 5) is 17.1. The first-order valence-electron chi connectivity index (χ1n) is 9.09. The van der Waals surface area contributed by atoms with Crippen LogP contribution in [-0.4, -0.2) is 31.3 Å². The molecule has 3 heterocycles. The number of fused-ring (bicyclic) bond motifs is 1. The molecule has 1 amide bonds. The molecule has 1 atom stereocenters. The molecule has 6 nitrogen and oxygen atoms in total. The fraction of sp³-hybridized carbons (Fsp3) is 0.632. The van der Waals surface area contributed by atoms with Gasteiger partial charge in [-0.05, 0) is 26.3 Å². The van der Waals surface area contributed by atoms with Gasteiger partial charge in [0.05, 0.1) is 11.4 Å². The average molecular weight is 343 g/mol. The number of nitrogens with one attached hydrogen (secondary N) is 1. The van der Waals surface area contributed by atoms with E-state index in [-0.39, 0.29) is 17.4 Å². The highest BCUT2D eigenvalue weighted by Crippen LogP contribution is 2.24. The van der Waals surface area contributed by atoms with Crippen molar-refractivity contribution in [2.45, 2.75) is 78.4 Å². The van der Waals surface area contributed by atoms with Crippen LogP contribution in [0.3, 0.4) is 0 Å². The van der Waals surface area contributed by atoms with Crippen LogP contribution < -0.4 is 5.32 Å². The van der Waals surface area contributed by atoms with E-state index >= 15 is 0 Å². The van der Waals surface area contributed by atoms with Crippen LogP contribution in [0.2, 0.25) is 0 Å². The molecule has 1 aliphatic heterocycles. The molecule has 136 valence electrons. The van der Waals surface area contributed by atoms with Gasteiger partial charge in [0.25, 0.3) is 0 Å². The normalized spacial score (nSPS) is 17.4. The summed E-state index contributed by atoms with van der Waals surface area (Å²) in [5.74, 6) is 1.23. The lowest BCUT2D eigenvalue weighted by atomic mass is 9.93. The van der Waals surface area contributed by atoms with Crippen LogP contribution in [0, 0.1) is 13.8 Å². The highest BCUT2D eigenvalue weighted by atomic mass is 16.1. The minimum atomic E-state index is 0.0584. The third-order valence-corrected chi connectivity index (χ3v) is 4.78. The molecule has 2 aromatic heterocycles. The molecule has 1 N–H and O–H groups in total. The summed E-state index contributed by atoms with van der Waals surface area (Å²) in [5, 5.41) is 7.58. The van der Waals surface area contributed by atoms with Gasteiger partial charge in [-0.2, -0.15) is 5.10 Å². The fourth-order valence-corrected chi connectivity index (χ4v) is 3.33. The summed E-state index contributed by atoms with van der Waals surface area (Å²) in [7, 11) is 0. The molecule has 0 aromatic carbocycles. The Balaban J connectivity index is 1.55. The molecular formula is C19H29N5O. The molecular weight excluding hydrogens is 314 g/mol. The SMILES string of the molecule is Cc1cc(C)n(CCC(=O)NC2CCc3nc(C(C)(C)C)cn3C2)n1. The summed E-state index contributed by atoms with van der Waals surface area (Å²) in [6.07, 6.45) is 4.47. The zero-order valence-electron chi connectivity index (χ0n) is 16.0. The number of carbonyl (C=O) groups is 1. The maximum atomic E-state index is 12.3. The van der Waals surface area contributed by atoms with Gasteiger partial charge in [0.1, 0.15) is 5.82 Å². The van der Waals surface area contributed by atoms with Crippen LogP contribution in [-0.2, 0) is 29.7 Å². The second kappa shape index (κ2) is 6.65. The Morgan fingerprint density at radius 2 is 2.12 bits per heavy atom. The molecule has 0 saturated carbocycles. The van der Waals surface area contributed by atoms with Gasteiger partial charge in [0.15, 0.2) is 0 Å². The van der Waals surface area contributed by atoms with E-state index in [0.717, 1.165) is 42.3 Å². The molecule has 25 heavy (non-hydrogen) atoms. The predicted molar refractivity (Wildman–Crippen MR) is 97.5 cm³/mol. The second-order valence-corrected chi connectivity index (χ2v) is 8.15. The number of hydrogen-bond acceptors (Lipinski definition) is 3. The summed E-state index contributed by atoms with van der Waals surface area (Å²) in [6.45, 7) is 12.0. The summed E-state index contributed by atoms with van der Waals surface area (Å²) in [6, 6.07) is 2.22. The van der Waals surface area contributed by atoms with Crippen molar-refractivity contribution >= 4 is 5.91 Å². The number of aromatic nitrogens is 4. The zero-order valence-corrected chi connectivity index (χ0v) is 16.0. The lowest BCUT2D eigenvalue weighted by Crippen LogP contribution is -2.41. The number of imidazole rings is 1. The number of rotatable bonds is 4. The van der Waals surface area contributed by atoms with Crippen LogP contribution in [0.4, 0.5) is 0 Å². The van der Waals surface area contributed by atoms with Gasteiger partial charge in [-0.25, -0.2) is 4.98 Å². The average Bonchev–Trinajstić information content (AvgIpc) is 3.07.